The van der Waals surface area contributed by atoms with E-state index in [0.717, 1.165) is 19.3 Å². The summed E-state index contributed by atoms with van der Waals surface area (Å²) in [5.74, 6) is 0. The van der Waals surface area contributed by atoms with Crippen LogP contribution in [0.15, 0.2) is 73.3 Å². The van der Waals surface area contributed by atoms with E-state index in [9.17, 15) is 5.11 Å². The van der Waals surface area contributed by atoms with Crippen molar-refractivity contribution in [2.75, 3.05) is 6.61 Å². The molecule has 0 saturated carbocycles. The van der Waals surface area contributed by atoms with Gasteiger partial charge in [0, 0.05) is 12.1 Å². The van der Waals surface area contributed by atoms with Crippen molar-refractivity contribution < 1.29 is 5.11 Å². The Balaban J connectivity index is 1.77. The first-order valence-corrected chi connectivity index (χ1v) is 9.41. The van der Waals surface area contributed by atoms with Gasteiger partial charge >= 0.3 is 0 Å². The van der Waals surface area contributed by atoms with Crippen LogP contribution in [0.25, 0.3) is 0 Å². The fraction of sp³-hybridized carbons (Fsp3) is 0.391. The van der Waals surface area contributed by atoms with E-state index < -0.39 is 0 Å². The van der Waals surface area contributed by atoms with Gasteiger partial charge in [-0.25, -0.2) is 0 Å². The first kappa shape index (κ1) is 17.9. The summed E-state index contributed by atoms with van der Waals surface area (Å²) in [5, 5.41) is 10.2. The highest BCUT2D eigenvalue weighted by atomic mass is 16.3. The molecule has 3 rings (SSSR count). The van der Waals surface area contributed by atoms with Crippen molar-refractivity contribution in [3.8, 4) is 0 Å². The summed E-state index contributed by atoms with van der Waals surface area (Å²) >= 11 is 0. The van der Waals surface area contributed by atoms with Crippen molar-refractivity contribution in [1.29, 1.82) is 0 Å². The summed E-state index contributed by atoms with van der Waals surface area (Å²) in [6, 6.07) is 22.2. The lowest BCUT2D eigenvalue weighted by Gasteiger charge is -2.37. The van der Waals surface area contributed by atoms with E-state index in [0.29, 0.717) is 12.1 Å². The van der Waals surface area contributed by atoms with Gasteiger partial charge in [-0.1, -0.05) is 66.7 Å². The zero-order chi connectivity index (χ0) is 17.5. The number of likely N-dealkylation sites (tertiary alicyclic amines) is 1. The molecule has 2 aromatic carbocycles. The second kappa shape index (κ2) is 8.98. The lowest BCUT2D eigenvalue weighted by atomic mass is 10.00. The third-order valence-electron chi connectivity index (χ3n) is 5.44. The average Bonchev–Trinajstić information content (AvgIpc) is 3.05. The molecule has 0 unspecified atom stereocenters. The van der Waals surface area contributed by atoms with Crippen LogP contribution in [-0.2, 0) is 6.42 Å². The molecule has 2 heteroatoms. The number of aliphatic hydroxyl groups excluding tert-OH is 1. The maximum Gasteiger partial charge on any atom is 0.0628 e. The third-order valence-corrected chi connectivity index (χ3v) is 5.44. The molecule has 2 nitrogen and oxygen atoms in total. The van der Waals surface area contributed by atoms with Crippen LogP contribution in [0.2, 0.25) is 0 Å². The van der Waals surface area contributed by atoms with Crippen LogP contribution in [0.1, 0.15) is 42.9 Å². The van der Waals surface area contributed by atoms with Crippen LogP contribution >= 0.6 is 0 Å². The molecule has 3 atom stereocenters. The molecular weight excluding hydrogens is 306 g/mol. The fourth-order valence-corrected chi connectivity index (χ4v) is 4.24. The molecule has 132 valence electrons. The maximum atomic E-state index is 10.2. The third kappa shape index (κ3) is 4.39. The van der Waals surface area contributed by atoms with Gasteiger partial charge in [0.05, 0.1) is 12.6 Å². The molecule has 0 spiro atoms. The molecule has 0 amide bonds. The maximum absolute atomic E-state index is 10.2. The second-order valence-electron chi connectivity index (χ2n) is 6.99. The summed E-state index contributed by atoms with van der Waals surface area (Å²) in [7, 11) is 0. The van der Waals surface area contributed by atoms with Gasteiger partial charge in [-0.3, -0.25) is 4.90 Å². The number of benzene rings is 2. The lowest BCUT2D eigenvalue weighted by Crippen LogP contribution is -2.41. The van der Waals surface area contributed by atoms with Crippen molar-refractivity contribution >= 4 is 0 Å². The number of rotatable bonds is 8. The van der Waals surface area contributed by atoms with Crippen LogP contribution in [0, 0.1) is 0 Å². The highest BCUT2D eigenvalue weighted by molar-refractivity contribution is 5.21. The van der Waals surface area contributed by atoms with Crippen molar-refractivity contribution in [2.24, 2.45) is 0 Å². The van der Waals surface area contributed by atoms with E-state index in [2.05, 4.69) is 66.1 Å². The fourth-order valence-electron chi connectivity index (χ4n) is 4.24. The second-order valence-corrected chi connectivity index (χ2v) is 6.99. The Kier molecular flexibility index (Phi) is 6.43. The molecule has 1 aliphatic rings. The Morgan fingerprint density at radius 3 is 2.28 bits per heavy atom. The van der Waals surface area contributed by atoms with Crippen LogP contribution in [0.3, 0.4) is 0 Å². The zero-order valence-electron chi connectivity index (χ0n) is 14.9. The molecular formula is C23H29NO. The SMILES string of the molecule is C=CC[C@@H]1CC[C@H](CCc2ccccc2)N1[C@H](CO)c1ccccc1. The normalized spacial score (nSPS) is 22.0. The van der Waals surface area contributed by atoms with Gasteiger partial charge in [-0.15, -0.1) is 6.58 Å². The van der Waals surface area contributed by atoms with E-state index in [-0.39, 0.29) is 12.6 Å². The van der Waals surface area contributed by atoms with Gasteiger partial charge in [0.2, 0.25) is 0 Å². The standard InChI is InChI=1S/C23H29NO/c1-2-9-21-16-17-22(15-14-19-10-5-3-6-11-19)24(21)23(18-25)20-12-7-4-8-13-20/h2-8,10-13,21-23,25H,1,9,14-18H2/t21-,22+,23-/m1/s1. The first-order chi connectivity index (χ1) is 12.3. The van der Waals surface area contributed by atoms with E-state index >= 15 is 0 Å². The molecule has 1 heterocycles. The van der Waals surface area contributed by atoms with E-state index in [1.165, 1.54) is 24.0 Å². The van der Waals surface area contributed by atoms with E-state index in [1.807, 2.05) is 12.1 Å². The van der Waals surface area contributed by atoms with Crippen molar-refractivity contribution in [1.82, 2.24) is 4.90 Å². The smallest absolute Gasteiger partial charge is 0.0628 e. The number of nitrogens with zero attached hydrogens (tertiary/aromatic N) is 1. The Bertz CT molecular complexity index is 640. The molecule has 0 aliphatic carbocycles. The molecule has 0 bridgehead atoms. The van der Waals surface area contributed by atoms with Crippen molar-refractivity contribution in [2.45, 2.75) is 50.2 Å². The minimum absolute atomic E-state index is 0.0782. The number of hydrogen-bond acceptors (Lipinski definition) is 2. The van der Waals surface area contributed by atoms with Gasteiger partial charge in [0.15, 0.2) is 0 Å². The predicted molar refractivity (Wildman–Crippen MR) is 104 cm³/mol. The highest BCUT2D eigenvalue weighted by Gasteiger charge is 2.37. The van der Waals surface area contributed by atoms with Crippen LogP contribution in [0.4, 0.5) is 0 Å². The van der Waals surface area contributed by atoms with Crippen molar-refractivity contribution in [3.05, 3.63) is 84.4 Å². The van der Waals surface area contributed by atoms with E-state index in [1.54, 1.807) is 0 Å². The Morgan fingerprint density at radius 1 is 1.00 bits per heavy atom. The minimum atomic E-state index is 0.0782. The van der Waals surface area contributed by atoms with E-state index in [4.69, 9.17) is 0 Å². The lowest BCUT2D eigenvalue weighted by molar-refractivity contribution is 0.0746. The summed E-state index contributed by atoms with van der Waals surface area (Å²) in [5.41, 5.74) is 2.61. The quantitative estimate of drug-likeness (QED) is 0.703. The molecule has 0 radical (unpaired) electrons. The monoisotopic (exact) mass is 335 g/mol. The number of hydrogen-bond donors (Lipinski definition) is 1. The summed E-state index contributed by atoms with van der Waals surface area (Å²) in [4.78, 5) is 2.57. The molecule has 1 aliphatic heterocycles. The Morgan fingerprint density at radius 2 is 1.64 bits per heavy atom. The summed E-state index contributed by atoms with van der Waals surface area (Å²) < 4.78 is 0. The van der Waals surface area contributed by atoms with Gasteiger partial charge in [0.1, 0.15) is 0 Å². The largest absolute Gasteiger partial charge is 0.394 e. The Labute approximate surface area is 151 Å². The van der Waals surface area contributed by atoms with Crippen LogP contribution < -0.4 is 0 Å². The summed E-state index contributed by atoms with van der Waals surface area (Å²) in [6.07, 6.45) is 7.64. The topological polar surface area (TPSA) is 23.5 Å². The number of aliphatic hydroxyl groups is 1. The van der Waals surface area contributed by atoms with Crippen LogP contribution in [0.5, 0.6) is 0 Å². The average molecular weight is 335 g/mol. The van der Waals surface area contributed by atoms with Gasteiger partial charge in [-0.2, -0.15) is 0 Å². The molecule has 0 aromatic heterocycles. The molecule has 1 saturated heterocycles. The molecule has 1 fully saturated rings. The predicted octanol–water partition coefficient (Wildman–Crippen LogP) is 4.76. The molecule has 1 N–H and O–H groups in total. The molecule has 25 heavy (non-hydrogen) atoms. The van der Waals surface area contributed by atoms with Gasteiger partial charge in [0.25, 0.3) is 0 Å². The number of aryl methyl sites for hydroxylation is 1. The minimum Gasteiger partial charge on any atom is -0.394 e. The zero-order valence-corrected chi connectivity index (χ0v) is 14.9. The van der Waals surface area contributed by atoms with Crippen LogP contribution in [-0.4, -0.2) is 28.7 Å². The van der Waals surface area contributed by atoms with Crippen molar-refractivity contribution in [3.63, 3.8) is 0 Å². The highest BCUT2D eigenvalue weighted by Crippen LogP contribution is 2.37. The Hall–Kier alpha value is -1.90. The first-order valence-electron chi connectivity index (χ1n) is 9.41. The van der Waals surface area contributed by atoms with Gasteiger partial charge < -0.3 is 5.11 Å². The van der Waals surface area contributed by atoms with Gasteiger partial charge in [-0.05, 0) is 43.2 Å². The summed E-state index contributed by atoms with van der Waals surface area (Å²) in [6.45, 7) is 4.11. The molecule has 2 aromatic rings.